The molecular weight excluding hydrogens is 308 g/mol. The van der Waals surface area contributed by atoms with E-state index in [0.29, 0.717) is 31.7 Å². The number of aromatic nitrogens is 1. The highest BCUT2D eigenvalue weighted by Gasteiger charge is 2.58. The van der Waals surface area contributed by atoms with Gasteiger partial charge < -0.3 is 19.9 Å². The molecule has 7 heteroatoms. The summed E-state index contributed by atoms with van der Waals surface area (Å²) in [6.07, 6.45) is 3.70. The molecule has 3 rings (SSSR count). The van der Waals surface area contributed by atoms with E-state index in [1.807, 2.05) is 31.1 Å². The van der Waals surface area contributed by atoms with Crippen LogP contribution in [0.1, 0.15) is 19.3 Å². The van der Waals surface area contributed by atoms with E-state index in [2.05, 4.69) is 10.3 Å². The predicted molar refractivity (Wildman–Crippen MR) is 89.9 cm³/mol. The fourth-order valence-electron chi connectivity index (χ4n) is 3.20. The minimum absolute atomic E-state index is 0.0630. The first-order valence-electron chi connectivity index (χ1n) is 8.28. The van der Waals surface area contributed by atoms with E-state index in [9.17, 15) is 9.59 Å². The van der Waals surface area contributed by atoms with Crippen LogP contribution in [0, 0.1) is 5.41 Å². The Morgan fingerprint density at radius 3 is 2.79 bits per heavy atom. The zero-order valence-corrected chi connectivity index (χ0v) is 14.4. The van der Waals surface area contributed by atoms with E-state index in [1.165, 1.54) is 0 Å². The zero-order chi connectivity index (χ0) is 17.3. The lowest BCUT2D eigenvalue weighted by Gasteiger charge is -2.23. The number of hydrogen-bond donors (Lipinski definition) is 1. The topological polar surface area (TPSA) is 74.8 Å². The van der Waals surface area contributed by atoms with Crippen molar-refractivity contribution in [1.29, 1.82) is 0 Å². The van der Waals surface area contributed by atoms with Gasteiger partial charge in [0.05, 0.1) is 6.54 Å². The maximum atomic E-state index is 12.7. The van der Waals surface area contributed by atoms with Gasteiger partial charge in [0, 0.05) is 40.3 Å². The number of anilines is 1. The first kappa shape index (κ1) is 16.5. The maximum Gasteiger partial charge on any atom is 0.238 e. The van der Waals surface area contributed by atoms with Gasteiger partial charge >= 0.3 is 0 Å². The molecule has 1 aromatic heterocycles. The van der Waals surface area contributed by atoms with Crippen molar-refractivity contribution >= 4 is 17.6 Å². The van der Waals surface area contributed by atoms with Crippen molar-refractivity contribution in [2.75, 3.05) is 39.1 Å². The fraction of sp³-hybridized carbons (Fsp3) is 0.588. The van der Waals surface area contributed by atoms with Gasteiger partial charge in [0.25, 0.3) is 0 Å². The molecule has 0 unspecified atom stereocenters. The van der Waals surface area contributed by atoms with E-state index in [-0.39, 0.29) is 17.9 Å². The van der Waals surface area contributed by atoms with E-state index in [1.54, 1.807) is 18.1 Å². The normalized spacial score (nSPS) is 21.3. The van der Waals surface area contributed by atoms with Crippen molar-refractivity contribution in [2.45, 2.75) is 25.4 Å². The molecule has 0 aromatic carbocycles. The highest BCUT2D eigenvalue weighted by atomic mass is 16.5. The fourth-order valence-corrected chi connectivity index (χ4v) is 3.20. The third-order valence-corrected chi connectivity index (χ3v) is 4.72. The van der Waals surface area contributed by atoms with Gasteiger partial charge in [-0.25, -0.2) is 4.98 Å². The molecule has 2 amide bonds. The van der Waals surface area contributed by atoms with Crippen molar-refractivity contribution in [3.05, 3.63) is 18.3 Å². The molecular formula is C17H24N4O3. The minimum atomic E-state index is -0.827. The summed E-state index contributed by atoms with van der Waals surface area (Å²) >= 11 is 0. The number of ether oxygens (including phenoxy) is 1. The van der Waals surface area contributed by atoms with E-state index in [4.69, 9.17) is 4.74 Å². The van der Waals surface area contributed by atoms with Gasteiger partial charge in [-0.1, -0.05) is 0 Å². The molecule has 1 aliphatic carbocycles. The predicted octanol–water partition coefficient (Wildman–Crippen LogP) is 0.653. The molecule has 0 bridgehead atoms. The van der Waals surface area contributed by atoms with Crippen molar-refractivity contribution in [1.82, 2.24) is 15.2 Å². The molecule has 1 atom stereocenters. The second-order valence-electron chi connectivity index (χ2n) is 6.66. The minimum Gasteiger partial charge on any atom is -0.485 e. The first-order chi connectivity index (χ1) is 11.5. The van der Waals surface area contributed by atoms with Crippen LogP contribution in [-0.2, 0) is 9.59 Å². The number of likely N-dealkylation sites (tertiary alicyclic amines) is 1. The molecule has 2 fully saturated rings. The summed E-state index contributed by atoms with van der Waals surface area (Å²) in [7, 11) is 5.41. The van der Waals surface area contributed by atoms with Gasteiger partial charge in [-0.3, -0.25) is 9.59 Å². The van der Waals surface area contributed by atoms with Crippen molar-refractivity contribution in [3.8, 4) is 5.75 Å². The van der Waals surface area contributed by atoms with Crippen LogP contribution in [0.3, 0.4) is 0 Å². The Morgan fingerprint density at radius 1 is 1.42 bits per heavy atom. The van der Waals surface area contributed by atoms with Crippen molar-refractivity contribution in [2.24, 2.45) is 5.41 Å². The molecule has 130 valence electrons. The smallest absolute Gasteiger partial charge is 0.238 e. The van der Waals surface area contributed by atoms with Crippen LogP contribution >= 0.6 is 0 Å². The van der Waals surface area contributed by atoms with E-state index in [0.717, 1.165) is 12.2 Å². The van der Waals surface area contributed by atoms with Gasteiger partial charge in [0.1, 0.15) is 11.5 Å². The van der Waals surface area contributed by atoms with Gasteiger partial charge in [0.2, 0.25) is 11.8 Å². The van der Waals surface area contributed by atoms with Crippen LogP contribution in [-0.4, -0.2) is 62.0 Å². The molecule has 1 saturated carbocycles. The molecule has 7 nitrogen and oxygen atoms in total. The SMILES string of the molecule is CNC(=O)C1(C(=O)N2CC[C@@H](Oc3cccnc3N(C)C)C2)CC1. The molecule has 1 aliphatic heterocycles. The van der Waals surface area contributed by atoms with Crippen LogP contribution in [0.4, 0.5) is 5.82 Å². The first-order valence-corrected chi connectivity index (χ1v) is 8.28. The van der Waals surface area contributed by atoms with Gasteiger partial charge in [0.15, 0.2) is 11.6 Å². The van der Waals surface area contributed by atoms with Crippen LogP contribution < -0.4 is 15.0 Å². The summed E-state index contributed by atoms with van der Waals surface area (Å²) in [6, 6.07) is 3.73. The van der Waals surface area contributed by atoms with E-state index >= 15 is 0 Å². The monoisotopic (exact) mass is 332 g/mol. The summed E-state index contributed by atoms with van der Waals surface area (Å²) < 4.78 is 6.07. The van der Waals surface area contributed by atoms with Crippen molar-refractivity contribution < 1.29 is 14.3 Å². The average molecular weight is 332 g/mol. The Kier molecular flexibility index (Phi) is 4.34. The number of pyridine rings is 1. The molecule has 2 heterocycles. The summed E-state index contributed by atoms with van der Waals surface area (Å²) in [4.78, 5) is 32.7. The van der Waals surface area contributed by atoms with Crippen molar-refractivity contribution in [3.63, 3.8) is 0 Å². The second kappa shape index (κ2) is 6.30. The summed E-state index contributed by atoms with van der Waals surface area (Å²) in [5, 5.41) is 2.61. The number of hydrogen-bond acceptors (Lipinski definition) is 5. The molecule has 0 radical (unpaired) electrons. The molecule has 2 aliphatic rings. The molecule has 1 saturated heterocycles. The summed E-state index contributed by atoms with van der Waals surface area (Å²) in [5.41, 5.74) is -0.827. The number of carbonyl (C=O) groups is 2. The summed E-state index contributed by atoms with van der Waals surface area (Å²) in [6.45, 7) is 1.14. The highest BCUT2D eigenvalue weighted by molar-refractivity contribution is 6.07. The Balaban J connectivity index is 1.64. The zero-order valence-electron chi connectivity index (χ0n) is 14.4. The largest absolute Gasteiger partial charge is 0.485 e. The Morgan fingerprint density at radius 2 is 2.17 bits per heavy atom. The van der Waals surface area contributed by atoms with Crippen LogP contribution in [0.2, 0.25) is 0 Å². The number of nitrogens with zero attached hydrogens (tertiary/aromatic N) is 3. The van der Waals surface area contributed by atoms with Gasteiger partial charge in [-0.2, -0.15) is 0 Å². The van der Waals surface area contributed by atoms with Crippen LogP contribution in [0.5, 0.6) is 5.75 Å². The van der Waals surface area contributed by atoms with E-state index < -0.39 is 5.41 Å². The maximum absolute atomic E-state index is 12.7. The number of carbonyl (C=O) groups excluding carboxylic acids is 2. The highest BCUT2D eigenvalue weighted by Crippen LogP contribution is 2.48. The Labute approximate surface area is 142 Å². The van der Waals surface area contributed by atoms with Crippen LogP contribution in [0.25, 0.3) is 0 Å². The molecule has 1 N–H and O–H groups in total. The third kappa shape index (κ3) is 2.90. The average Bonchev–Trinajstić information content (AvgIpc) is 3.27. The lowest BCUT2D eigenvalue weighted by atomic mass is 10.0. The molecule has 24 heavy (non-hydrogen) atoms. The van der Waals surface area contributed by atoms with Gasteiger partial charge in [-0.15, -0.1) is 0 Å². The third-order valence-electron chi connectivity index (χ3n) is 4.72. The molecule has 0 spiro atoms. The summed E-state index contributed by atoms with van der Waals surface area (Å²) in [5.74, 6) is 1.26. The van der Waals surface area contributed by atoms with Gasteiger partial charge in [-0.05, 0) is 25.0 Å². The van der Waals surface area contributed by atoms with Crippen LogP contribution in [0.15, 0.2) is 18.3 Å². The lowest BCUT2D eigenvalue weighted by molar-refractivity contribution is -0.143. The second-order valence-corrected chi connectivity index (χ2v) is 6.66. The number of nitrogens with one attached hydrogen (secondary N) is 1. The Bertz CT molecular complexity index is 642. The number of rotatable bonds is 5. The molecule has 1 aromatic rings. The Hall–Kier alpha value is -2.31. The quantitative estimate of drug-likeness (QED) is 0.802. The number of amides is 2. The standard InChI is InChI=1S/C17H24N4O3/c1-18-15(22)17(7-8-17)16(23)21-10-6-12(11-21)24-13-5-4-9-19-14(13)20(2)3/h4-5,9,12H,6-8,10-11H2,1-3H3,(H,18,22)/t12-/m1/s1. The lowest BCUT2D eigenvalue weighted by Crippen LogP contribution is -2.44.